The van der Waals surface area contributed by atoms with E-state index in [9.17, 15) is 4.39 Å². The minimum Gasteiger partial charge on any atom is -0.398 e. The number of nitrogens with zero attached hydrogens (tertiary/aromatic N) is 3. The van der Waals surface area contributed by atoms with E-state index in [1.165, 1.54) is 38.2 Å². The average molecular weight is 335 g/mol. The lowest BCUT2D eigenvalue weighted by Crippen LogP contribution is -2.41. The number of halogens is 1. The summed E-state index contributed by atoms with van der Waals surface area (Å²) in [6.45, 7) is 8.47. The largest absolute Gasteiger partial charge is 0.525 e. The van der Waals surface area contributed by atoms with Crippen LogP contribution < -0.4 is 0 Å². The van der Waals surface area contributed by atoms with E-state index in [0.717, 1.165) is 6.54 Å². The second-order valence-corrected chi connectivity index (χ2v) is 7.99. The van der Waals surface area contributed by atoms with Gasteiger partial charge in [-0.05, 0) is 52.5 Å². The zero-order valence-corrected chi connectivity index (χ0v) is 15.1. The molecule has 132 valence electrons. The third kappa shape index (κ3) is 3.72. The molecular weight excluding hydrogens is 308 g/mol. The van der Waals surface area contributed by atoms with Crippen molar-refractivity contribution in [2.24, 2.45) is 5.92 Å². The van der Waals surface area contributed by atoms with Crippen LogP contribution in [0.4, 0.5) is 4.39 Å². The maximum atomic E-state index is 14.5. The van der Waals surface area contributed by atoms with Crippen molar-refractivity contribution in [2.45, 2.75) is 77.5 Å². The Bertz CT molecular complexity index is 593. The van der Waals surface area contributed by atoms with Gasteiger partial charge in [-0.25, -0.2) is 4.39 Å². The number of aromatic nitrogens is 3. The standard InChI is InChI=1S/C17H27BFN3O2/c1-16(2)17(3,4)24-18(23-16)15(19)10-14-12-22(21-20-14)11-13-8-6-5-7-9-13/h10,12-13H,5-9,11H2,1-4H3. The Labute approximate surface area is 143 Å². The molecule has 0 unspecified atom stereocenters. The minimum absolute atomic E-state index is 0.474. The molecule has 3 rings (SSSR count). The topological polar surface area (TPSA) is 49.2 Å². The highest BCUT2D eigenvalue weighted by Gasteiger charge is 2.53. The molecule has 0 amide bonds. The molecule has 1 aliphatic heterocycles. The van der Waals surface area contributed by atoms with Crippen LogP contribution in [0.15, 0.2) is 11.9 Å². The van der Waals surface area contributed by atoms with Gasteiger partial charge in [-0.15, -0.1) is 5.10 Å². The van der Waals surface area contributed by atoms with Crippen LogP contribution in [0.3, 0.4) is 0 Å². The summed E-state index contributed by atoms with van der Waals surface area (Å²) < 4.78 is 27.7. The van der Waals surface area contributed by atoms with Crippen molar-refractivity contribution >= 4 is 13.2 Å². The van der Waals surface area contributed by atoms with Gasteiger partial charge in [0.15, 0.2) is 0 Å². The summed E-state index contributed by atoms with van der Waals surface area (Å²) in [6.07, 6.45) is 9.55. The van der Waals surface area contributed by atoms with Gasteiger partial charge in [0.2, 0.25) is 0 Å². The molecule has 0 atom stereocenters. The maximum absolute atomic E-state index is 14.5. The van der Waals surface area contributed by atoms with Gasteiger partial charge >= 0.3 is 7.12 Å². The van der Waals surface area contributed by atoms with Crippen molar-refractivity contribution in [1.82, 2.24) is 15.0 Å². The predicted molar refractivity (Wildman–Crippen MR) is 91.8 cm³/mol. The first-order valence-electron chi connectivity index (χ1n) is 8.90. The Morgan fingerprint density at radius 1 is 1.25 bits per heavy atom. The smallest absolute Gasteiger partial charge is 0.398 e. The van der Waals surface area contributed by atoms with Crippen LogP contribution in [0.2, 0.25) is 0 Å². The molecule has 24 heavy (non-hydrogen) atoms. The van der Waals surface area contributed by atoms with Crippen LogP contribution in [0, 0.1) is 5.92 Å². The summed E-state index contributed by atoms with van der Waals surface area (Å²) in [6, 6.07) is 0. The van der Waals surface area contributed by atoms with Crippen molar-refractivity contribution in [3.63, 3.8) is 0 Å². The molecule has 1 saturated carbocycles. The Morgan fingerprint density at radius 3 is 2.50 bits per heavy atom. The lowest BCUT2D eigenvalue weighted by molar-refractivity contribution is 0.00578. The molecule has 1 saturated heterocycles. The first kappa shape index (κ1) is 17.6. The monoisotopic (exact) mass is 335 g/mol. The highest BCUT2D eigenvalue weighted by molar-refractivity contribution is 6.54. The van der Waals surface area contributed by atoms with Gasteiger partial charge in [0.25, 0.3) is 0 Å². The van der Waals surface area contributed by atoms with E-state index in [-0.39, 0.29) is 0 Å². The molecule has 5 nitrogen and oxygen atoms in total. The van der Waals surface area contributed by atoms with Gasteiger partial charge in [-0.3, -0.25) is 4.68 Å². The van der Waals surface area contributed by atoms with Crippen molar-refractivity contribution in [3.8, 4) is 0 Å². The summed E-state index contributed by atoms with van der Waals surface area (Å²) in [5, 5.41) is 8.17. The molecule has 0 radical (unpaired) electrons. The molecule has 0 spiro atoms. The second kappa shape index (κ2) is 6.60. The quantitative estimate of drug-likeness (QED) is 0.786. The summed E-state index contributed by atoms with van der Waals surface area (Å²) in [4.78, 5) is 0. The maximum Gasteiger partial charge on any atom is 0.525 e. The summed E-state index contributed by atoms with van der Waals surface area (Å²) in [7, 11) is -0.988. The number of hydrogen-bond donors (Lipinski definition) is 0. The molecule has 1 aliphatic carbocycles. The van der Waals surface area contributed by atoms with Gasteiger partial charge in [0.1, 0.15) is 11.4 Å². The van der Waals surface area contributed by atoms with Crippen molar-refractivity contribution < 1.29 is 13.7 Å². The van der Waals surface area contributed by atoms with Crippen molar-refractivity contribution in [3.05, 3.63) is 17.6 Å². The Kier molecular flexibility index (Phi) is 4.84. The second-order valence-electron chi connectivity index (χ2n) is 7.99. The van der Waals surface area contributed by atoms with Gasteiger partial charge in [0.05, 0.1) is 17.4 Å². The molecule has 1 aromatic heterocycles. The first-order valence-corrected chi connectivity index (χ1v) is 8.90. The van der Waals surface area contributed by atoms with E-state index in [1.807, 2.05) is 32.4 Å². The lowest BCUT2D eigenvalue weighted by atomic mass is 9.87. The van der Waals surface area contributed by atoms with E-state index >= 15 is 0 Å². The van der Waals surface area contributed by atoms with Gasteiger partial charge in [-0.2, -0.15) is 0 Å². The fourth-order valence-corrected chi connectivity index (χ4v) is 3.27. The molecule has 7 heteroatoms. The van der Waals surface area contributed by atoms with Gasteiger partial charge in [0, 0.05) is 6.54 Å². The molecule has 0 N–H and O–H groups in total. The molecule has 2 heterocycles. The zero-order valence-electron chi connectivity index (χ0n) is 15.1. The third-order valence-electron chi connectivity index (χ3n) is 5.49. The van der Waals surface area contributed by atoms with Gasteiger partial charge in [-0.1, -0.05) is 24.5 Å². The first-order chi connectivity index (χ1) is 11.3. The lowest BCUT2D eigenvalue weighted by Gasteiger charge is -2.32. The van der Waals surface area contributed by atoms with E-state index in [1.54, 1.807) is 6.20 Å². The molecule has 0 aromatic carbocycles. The highest BCUT2D eigenvalue weighted by Crippen LogP contribution is 2.39. The van der Waals surface area contributed by atoms with E-state index in [4.69, 9.17) is 9.31 Å². The van der Waals surface area contributed by atoms with Crippen molar-refractivity contribution in [2.75, 3.05) is 0 Å². The summed E-state index contributed by atoms with van der Waals surface area (Å²) in [5.41, 5.74) is -1.08. The van der Waals surface area contributed by atoms with Crippen molar-refractivity contribution in [1.29, 1.82) is 0 Å². The zero-order chi connectivity index (χ0) is 17.4. The fourth-order valence-electron chi connectivity index (χ4n) is 3.27. The average Bonchev–Trinajstić information content (AvgIpc) is 3.02. The molecule has 1 aromatic rings. The Morgan fingerprint density at radius 2 is 1.88 bits per heavy atom. The van der Waals surface area contributed by atoms with Crippen LogP contribution in [0.25, 0.3) is 6.08 Å². The van der Waals surface area contributed by atoms with Crippen LogP contribution in [0.1, 0.15) is 65.5 Å². The number of rotatable bonds is 4. The van der Waals surface area contributed by atoms with Crippen LogP contribution in [-0.4, -0.2) is 33.3 Å². The molecule has 2 aliphatic rings. The summed E-state index contributed by atoms with van der Waals surface area (Å²) in [5.74, 6) is 0.658. The molecule has 0 bridgehead atoms. The van der Waals surface area contributed by atoms with Gasteiger partial charge < -0.3 is 9.31 Å². The molecular formula is C17H27BFN3O2. The van der Waals surface area contributed by atoms with E-state index in [0.29, 0.717) is 11.6 Å². The Balaban J connectivity index is 1.64. The molecule has 2 fully saturated rings. The third-order valence-corrected chi connectivity index (χ3v) is 5.49. The van der Waals surface area contributed by atoms with Crippen LogP contribution in [0.5, 0.6) is 0 Å². The minimum atomic E-state index is -0.988. The predicted octanol–water partition coefficient (Wildman–Crippen LogP) is 3.80. The highest BCUT2D eigenvalue weighted by atomic mass is 19.1. The summed E-state index contributed by atoms with van der Waals surface area (Å²) >= 11 is 0. The fraction of sp³-hybridized carbons (Fsp3) is 0.765. The number of hydrogen-bond acceptors (Lipinski definition) is 4. The van der Waals surface area contributed by atoms with Crippen LogP contribution >= 0.6 is 0 Å². The normalized spacial score (nSPS) is 24.5. The van der Waals surface area contributed by atoms with E-state index < -0.39 is 24.0 Å². The van der Waals surface area contributed by atoms with Crippen LogP contribution in [-0.2, 0) is 15.9 Å². The van der Waals surface area contributed by atoms with E-state index in [2.05, 4.69) is 10.3 Å². The Hall–Kier alpha value is -1.21. The SMILES string of the molecule is CC1(C)OB(C(F)=Cc2cn(CC3CCCCC3)nn2)OC1(C)C.